The van der Waals surface area contributed by atoms with E-state index in [1.807, 2.05) is 17.5 Å². The molecule has 0 radical (unpaired) electrons. The molecule has 0 saturated heterocycles. The second kappa shape index (κ2) is 5.60. The summed E-state index contributed by atoms with van der Waals surface area (Å²) in [6.07, 6.45) is 1.96. The van der Waals surface area contributed by atoms with Crippen LogP contribution in [0.4, 0.5) is 0 Å². The summed E-state index contributed by atoms with van der Waals surface area (Å²) in [5.41, 5.74) is 4.33. The van der Waals surface area contributed by atoms with Crippen LogP contribution in [0.25, 0.3) is 53.7 Å². The van der Waals surface area contributed by atoms with E-state index in [0.29, 0.717) is 0 Å². The summed E-state index contributed by atoms with van der Waals surface area (Å²) in [7, 11) is 0. The minimum absolute atomic E-state index is 0.898. The van der Waals surface area contributed by atoms with E-state index >= 15 is 0 Å². The number of hydrogen-bond donors (Lipinski definition) is 1. The molecular weight excluding hydrogens is 350 g/mol. The van der Waals surface area contributed by atoms with Gasteiger partial charge in [0.25, 0.3) is 0 Å². The second-order valence-corrected chi connectivity index (χ2v) is 7.88. The number of aromatic amines is 1. The van der Waals surface area contributed by atoms with E-state index in [4.69, 9.17) is 4.42 Å². The van der Waals surface area contributed by atoms with Crippen LogP contribution in [-0.2, 0) is 0 Å². The van der Waals surface area contributed by atoms with Crippen molar-refractivity contribution < 1.29 is 4.42 Å². The predicted molar refractivity (Wildman–Crippen MR) is 114 cm³/mol. The van der Waals surface area contributed by atoms with Crippen LogP contribution in [0.15, 0.2) is 89.5 Å². The molecule has 0 atom stereocenters. The first-order valence-corrected chi connectivity index (χ1v) is 9.75. The summed E-state index contributed by atoms with van der Waals surface area (Å²) in [5, 5.41) is 3.63. The van der Waals surface area contributed by atoms with Gasteiger partial charge in [0.2, 0.25) is 0 Å². The summed E-state index contributed by atoms with van der Waals surface area (Å²) >= 11 is 1.82. The molecule has 6 rings (SSSR count). The fourth-order valence-electron chi connectivity index (χ4n) is 3.65. The minimum Gasteiger partial charge on any atom is -0.456 e. The topological polar surface area (TPSA) is 28.9 Å². The van der Waals surface area contributed by atoms with Crippen molar-refractivity contribution in [1.29, 1.82) is 0 Å². The van der Waals surface area contributed by atoms with Crippen LogP contribution in [0.1, 0.15) is 0 Å². The Hall–Kier alpha value is -3.30. The largest absolute Gasteiger partial charge is 0.456 e. The number of nitrogens with one attached hydrogen (secondary N) is 1. The first-order valence-electron chi connectivity index (χ1n) is 8.94. The van der Waals surface area contributed by atoms with Crippen LogP contribution < -0.4 is 0 Å². The highest BCUT2D eigenvalue weighted by molar-refractivity contribution is 7.22. The molecule has 0 fully saturated rings. The van der Waals surface area contributed by atoms with Crippen molar-refractivity contribution in [3.05, 3.63) is 85.1 Å². The monoisotopic (exact) mass is 365 g/mol. The van der Waals surface area contributed by atoms with Gasteiger partial charge in [-0.1, -0.05) is 42.5 Å². The first-order chi connectivity index (χ1) is 13.3. The van der Waals surface area contributed by atoms with E-state index in [1.54, 1.807) is 0 Å². The van der Waals surface area contributed by atoms with Gasteiger partial charge in [0.1, 0.15) is 11.3 Å². The molecule has 27 heavy (non-hydrogen) atoms. The van der Waals surface area contributed by atoms with Gasteiger partial charge >= 0.3 is 0 Å². The van der Waals surface area contributed by atoms with Crippen LogP contribution in [0, 0.1) is 0 Å². The number of thiophene rings is 1. The Morgan fingerprint density at radius 2 is 1.59 bits per heavy atom. The van der Waals surface area contributed by atoms with Crippen LogP contribution in [0.3, 0.4) is 0 Å². The molecule has 0 saturated carbocycles. The molecule has 0 amide bonds. The van der Waals surface area contributed by atoms with Gasteiger partial charge < -0.3 is 9.40 Å². The quantitative estimate of drug-likeness (QED) is 0.339. The molecule has 6 aromatic rings. The second-order valence-electron chi connectivity index (χ2n) is 6.79. The Balaban J connectivity index is 1.46. The number of furan rings is 1. The molecular formula is C24H15NOS. The molecule has 3 heterocycles. The molecule has 0 bridgehead atoms. The number of benzene rings is 3. The fraction of sp³-hybridized carbons (Fsp3) is 0. The van der Waals surface area contributed by atoms with Crippen LogP contribution in [0.2, 0.25) is 0 Å². The zero-order valence-electron chi connectivity index (χ0n) is 14.4. The van der Waals surface area contributed by atoms with Gasteiger partial charge in [-0.05, 0) is 52.7 Å². The lowest BCUT2D eigenvalue weighted by atomic mass is 10.1. The summed E-state index contributed by atoms with van der Waals surface area (Å²) < 4.78 is 7.52. The third-order valence-electron chi connectivity index (χ3n) is 5.07. The third-order valence-corrected chi connectivity index (χ3v) is 6.23. The number of rotatable bonds is 2. The van der Waals surface area contributed by atoms with Crippen LogP contribution in [-0.4, -0.2) is 4.98 Å². The Morgan fingerprint density at radius 3 is 2.56 bits per heavy atom. The fourth-order valence-corrected chi connectivity index (χ4v) is 4.71. The van der Waals surface area contributed by atoms with E-state index in [9.17, 15) is 0 Å². The van der Waals surface area contributed by atoms with Crippen molar-refractivity contribution in [2.75, 3.05) is 0 Å². The van der Waals surface area contributed by atoms with Gasteiger partial charge in [0, 0.05) is 32.2 Å². The Morgan fingerprint density at radius 1 is 0.704 bits per heavy atom. The van der Waals surface area contributed by atoms with Crippen molar-refractivity contribution in [3.8, 4) is 21.8 Å². The lowest BCUT2D eigenvalue weighted by Gasteiger charge is -1.97. The molecule has 0 spiro atoms. The molecule has 128 valence electrons. The first kappa shape index (κ1) is 14.8. The average molecular weight is 365 g/mol. The number of H-pyrrole nitrogens is 1. The smallest absolute Gasteiger partial charge is 0.135 e. The normalized spacial score (nSPS) is 11.7. The van der Waals surface area contributed by atoms with Crippen LogP contribution >= 0.6 is 11.3 Å². The van der Waals surface area contributed by atoms with Gasteiger partial charge in [0.15, 0.2) is 0 Å². The van der Waals surface area contributed by atoms with E-state index in [2.05, 4.69) is 83.8 Å². The van der Waals surface area contributed by atoms with Gasteiger partial charge in [-0.3, -0.25) is 0 Å². The summed E-state index contributed by atoms with van der Waals surface area (Å²) in [6, 6.07) is 27.8. The van der Waals surface area contributed by atoms with Crippen LogP contribution in [0.5, 0.6) is 0 Å². The number of aromatic nitrogens is 1. The summed E-state index contributed by atoms with van der Waals surface area (Å²) in [4.78, 5) is 4.53. The maximum absolute atomic E-state index is 6.21. The van der Waals surface area contributed by atoms with Crippen molar-refractivity contribution in [1.82, 2.24) is 4.98 Å². The van der Waals surface area contributed by atoms with E-state index < -0.39 is 0 Å². The molecule has 3 heteroatoms. The Labute approximate surface area is 159 Å². The van der Waals surface area contributed by atoms with Gasteiger partial charge in [0.05, 0.1) is 0 Å². The lowest BCUT2D eigenvalue weighted by molar-refractivity contribution is 0.632. The molecule has 0 aliphatic rings. The van der Waals surface area contributed by atoms with E-state index in [0.717, 1.165) is 27.8 Å². The maximum atomic E-state index is 6.21. The van der Waals surface area contributed by atoms with Crippen molar-refractivity contribution in [2.45, 2.75) is 0 Å². The highest BCUT2D eigenvalue weighted by atomic mass is 32.1. The number of fused-ring (bicyclic) bond motifs is 3. The Kier molecular flexibility index (Phi) is 3.07. The highest BCUT2D eigenvalue weighted by Gasteiger charge is 2.10. The summed E-state index contributed by atoms with van der Waals surface area (Å²) in [5.74, 6) is 0.898. The highest BCUT2D eigenvalue weighted by Crippen LogP contribution is 2.36. The molecule has 1 N–H and O–H groups in total. The maximum Gasteiger partial charge on any atom is 0.135 e. The predicted octanol–water partition coefficient (Wildman–Crippen LogP) is 7.46. The van der Waals surface area contributed by atoms with Crippen molar-refractivity contribution in [3.63, 3.8) is 0 Å². The Bertz CT molecular complexity index is 1400. The number of hydrogen-bond acceptors (Lipinski definition) is 2. The SMILES string of the molecule is c1ccc2sc(-c3ccc4cc(-c5ccc6cc[nH]c6c5)oc4c3)cc2c1. The van der Waals surface area contributed by atoms with E-state index in [-0.39, 0.29) is 0 Å². The van der Waals surface area contributed by atoms with Gasteiger partial charge in [-0.25, -0.2) is 0 Å². The molecule has 0 unspecified atom stereocenters. The van der Waals surface area contributed by atoms with Gasteiger partial charge in [-0.15, -0.1) is 11.3 Å². The average Bonchev–Trinajstić information content (AvgIpc) is 3.42. The van der Waals surface area contributed by atoms with Gasteiger partial charge in [-0.2, -0.15) is 0 Å². The zero-order chi connectivity index (χ0) is 17.8. The minimum atomic E-state index is 0.898. The molecule has 3 aromatic carbocycles. The molecule has 0 aliphatic heterocycles. The molecule has 0 aliphatic carbocycles. The summed E-state index contributed by atoms with van der Waals surface area (Å²) in [6.45, 7) is 0. The lowest BCUT2D eigenvalue weighted by Crippen LogP contribution is -1.73. The van der Waals surface area contributed by atoms with E-state index in [1.165, 1.54) is 25.9 Å². The zero-order valence-corrected chi connectivity index (χ0v) is 15.2. The molecule has 2 nitrogen and oxygen atoms in total. The molecule has 3 aromatic heterocycles. The van der Waals surface area contributed by atoms with Crippen molar-refractivity contribution in [2.24, 2.45) is 0 Å². The van der Waals surface area contributed by atoms with Crippen molar-refractivity contribution >= 4 is 43.3 Å². The standard InChI is InChI=1S/C24H15NOS/c1-2-4-23-18(3-1)14-24(27-23)19-8-7-17-12-21(26-22(17)13-19)16-6-5-15-9-10-25-20(15)11-16/h1-14,25H. The third kappa shape index (κ3) is 2.40.